The van der Waals surface area contributed by atoms with E-state index in [0.717, 1.165) is 5.94 Å². The summed E-state index contributed by atoms with van der Waals surface area (Å²) in [5.41, 5.74) is 4.39. The highest BCUT2D eigenvalue weighted by molar-refractivity contribution is 5.95. The summed E-state index contributed by atoms with van der Waals surface area (Å²) in [6.45, 7) is 0.290. The van der Waals surface area contributed by atoms with E-state index >= 15 is 0 Å². The second-order valence-corrected chi connectivity index (χ2v) is 2.75. The van der Waals surface area contributed by atoms with Crippen molar-refractivity contribution >= 4 is 17.9 Å². The Kier molecular flexibility index (Phi) is 8.70. The Bertz CT molecular complexity index is 297. The predicted molar refractivity (Wildman–Crippen MR) is 53.3 cm³/mol. The van der Waals surface area contributed by atoms with Crippen molar-refractivity contribution in [3.8, 4) is 0 Å². The maximum absolute atomic E-state index is 10.6. The van der Waals surface area contributed by atoms with Gasteiger partial charge in [0.25, 0.3) is 0 Å². The Hall–Kier alpha value is -1.89. The number of aliphatic carboxylic acids is 2. The topological polar surface area (TPSA) is 161 Å². The van der Waals surface area contributed by atoms with Gasteiger partial charge < -0.3 is 26.7 Å². The highest BCUT2D eigenvalue weighted by Crippen LogP contribution is 1.99. The average molecular weight is 234 g/mol. The van der Waals surface area contributed by atoms with Crippen LogP contribution in [-0.4, -0.2) is 46.2 Å². The molecule has 0 rings (SSSR count). The number of carbonyl (C=O) groups excluding carboxylic acids is 1. The van der Waals surface area contributed by atoms with E-state index in [0.29, 0.717) is 13.0 Å². The molecule has 7 N–H and O–H groups in total. The van der Waals surface area contributed by atoms with Gasteiger partial charge in [-0.2, -0.15) is 0 Å². The zero-order valence-electron chi connectivity index (χ0n) is 8.40. The van der Waals surface area contributed by atoms with Gasteiger partial charge in [0.05, 0.1) is 0 Å². The highest BCUT2D eigenvalue weighted by atomic mass is 16.4. The molecule has 16 heavy (non-hydrogen) atoms. The molecule has 0 saturated heterocycles. The molecular formula is C8H14N2O6. The Morgan fingerprint density at radius 3 is 2.25 bits per heavy atom. The first kappa shape index (κ1) is 16.5. The molecule has 0 radical (unpaired) electrons. The molecule has 0 aromatic rings. The van der Waals surface area contributed by atoms with Crippen LogP contribution >= 0.6 is 0 Å². The van der Waals surface area contributed by atoms with Crippen molar-refractivity contribution in [2.75, 3.05) is 6.54 Å². The van der Waals surface area contributed by atoms with E-state index in [1.165, 1.54) is 0 Å². The van der Waals surface area contributed by atoms with Gasteiger partial charge in [0.15, 0.2) is 5.94 Å². The molecule has 0 aromatic heterocycles. The van der Waals surface area contributed by atoms with Gasteiger partial charge in [0.2, 0.25) is 5.70 Å². The zero-order valence-corrected chi connectivity index (χ0v) is 8.40. The van der Waals surface area contributed by atoms with E-state index in [1.54, 1.807) is 0 Å². The van der Waals surface area contributed by atoms with Crippen molar-refractivity contribution in [2.45, 2.75) is 18.9 Å². The van der Waals surface area contributed by atoms with Gasteiger partial charge in [-0.05, 0) is 19.4 Å². The van der Waals surface area contributed by atoms with Crippen LogP contribution in [0.3, 0.4) is 0 Å². The summed E-state index contributed by atoms with van der Waals surface area (Å²) in [6.07, 6.45) is 0.556. The molecule has 0 amide bonds. The van der Waals surface area contributed by atoms with Crippen LogP contribution in [0.2, 0.25) is 0 Å². The molecule has 1 unspecified atom stereocenters. The van der Waals surface area contributed by atoms with Crippen molar-refractivity contribution in [1.29, 1.82) is 0 Å². The fourth-order valence-corrected chi connectivity index (χ4v) is 0.888. The third kappa shape index (κ3) is 5.76. The van der Waals surface area contributed by atoms with Gasteiger partial charge in [0.1, 0.15) is 6.04 Å². The quantitative estimate of drug-likeness (QED) is 0.285. The van der Waals surface area contributed by atoms with E-state index in [2.05, 4.69) is 5.32 Å². The monoisotopic (exact) mass is 234 g/mol. The molecule has 1 atom stereocenters. The van der Waals surface area contributed by atoms with Crippen LogP contribution in [-0.2, 0) is 14.4 Å². The van der Waals surface area contributed by atoms with Crippen LogP contribution in [0.25, 0.3) is 0 Å². The highest BCUT2D eigenvalue weighted by Gasteiger charge is 2.20. The number of nitrogens with one attached hydrogen (secondary N) is 1. The zero-order chi connectivity index (χ0) is 11.8. The minimum atomic E-state index is -1.54. The second kappa shape index (κ2) is 8.42. The minimum absolute atomic E-state index is 0. The van der Waals surface area contributed by atoms with Crippen molar-refractivity contribution < 1.29 is 30.1 Å². The summed E-state index contributed by atoms with van der Waals surface area (Å²) in [6, 6.07) is -1.14. The summed E-state index contributed by atoms with van der Waals surface area (Å²) in [5.74, 6) is -1.65. The minimum Gasteiger partial charge on any atom is -0.480 e. The van der Waals surface area contributed by atoms with Gasteiger partial charge in [-0.25, -0.2) is 14.4 Å². The molecule has 0 aromatic carbocycles. The average Bonchev–Trinajstić information content (AvgIpc) is 2.17. The van der Waals surface area contributed by atoms with Crippen molar-refractivity contribution in [3.05, 3.63) is 5.70 Å². The van der Waals surface area contributed by atoms with Gasteiger partial charge in [0, 0.05) is 0 Å². The molecule has 0 aliphatic heterocycles. The Labute approximate surface area is 91.0 Å². The maximum Gasteiger partial charge on any atom is 0.363 e. The summed E-state index contributed by atoms with van der Waals surface area (Å²) in [7, 11) is 0. The number of carbonyl (C=O) groups is 2. The lowest BCUT2D eigenvalue weighted by Crippen LogP contribution is -2.38. The summed E-state index contributed by atoms with van der Waals surface area (Å²) in [4.78, 5) is 31.2. The molecular weight excluding hydrogens is 220 g/mol. The lowest BCUT2D eigenvalue weighted by atomic mass is 10.1. The lowest BCUT2D eigenvalue weighted by molar-refractivity contribution is -0.139. The Morgan fingerprint density at radius 2 is 1.94 bits per heavy atom. The molecule has 8 heteroatoms. The van der Waals surface area contributed by atoms with Gasteiger partial charge in [-0.1, -0.05) is 0 Å². The number of hydrogen-bond acceptors (Lipinski definition) is 5. The van der Waals surface area contributed by atoms with Crippen LogP contribution in [0.4, 0.5) is 0 Å². The summed E-state index contributed by atoms with van der Waals surface area (Å²) in [5, 5.41) is 19.2. The standard InChI is InChI=1S/C8H12N2O5.H2O/c9-3-1-2-5(7(12)13)10-6(4-11)8(14)15;/h5,10H,1-3,9H2,(H,12,13)(H,14,15);1H2. The molecule has 0 fully saturated rings. The molecule has 92 valence electrons. The second-order valence-electron chi connectivity index (χ2n) is 2.75. The third-order valence-electron chi connectivity index (χ3n) is 1.63. The first-order valence-electron chi connectivity index (χ1n) is 4.20. The lowest BCUT2D eigenvalue weighted by Gasteiger charge is -2.13. The molecule has 0 aliphatic carbocycles. The van der Waals surface area contributed by atoms with Crippen LogP contribution in [0.1, 0.15) is 12.8 Å². The third-order valence-corrected chi connectivity index (χ3v) is 1.63. The summed E-state index contributed by atoms with van der Waals surface area (Å²) < 4.78 is 0. The van der Waals surface area contributed by atoms with E-state index in [1.807, 2.05) is 0 Å². The molecule has 0 spiro atoms. The fourth-order valence-electron chi connectivity index (χ4n) is 0.888. The number of carboxylic acids is 2. The maximum atomic E-state index is 10.6. The largest absolute Gasteiger partial charge is 0.480 e. The van der Waals surface area contributed by atoms with Crippen molar-refractivity contribution in [1.82, 2.24) is 5.32 Å². The van der Waals surface area contributed by atoms with E-state index in [9.17, 15) is 14.4 Å². The van der Waals surface area contributed by atoms with Crippen LogP contribution in [0.15, 0.2) is 5.70 Å². The first-order chi connectivity index (χ1) is 7.02. The number of carboxylic acid groups (broad SMARTS) is 2. The molecule has 0 bridgehead atoms. The smallest absolute Gasteiger partial charge is 0.363 e. The van der Waals surface area contributed by atoms with Crippen molar-refractivity contribution in [2.24, 2.45) is 5.73 Å². The van der Waals surface area contributed by atoms with Gasteiger partial charge >= 0.3 is 11.9 Å². The first-order valence-corrected chi connectivity index (χ1v) is 4.20. The van der Waals surface area contributed by atoms with Crippen LogP contribution in [0.5, 0.6) is 0 Å². The predicted octanol–water partition coefficient (Wildman–Crippen LogP) is -2.26. The molecule has 0 aliphatic rings. The SMILES string of the molecule is NCCCC(NC(=C=O)C(=O)O)C(=O)O.O. The molecule has 0 saturated carbocycles. The van der Waals surface area contributed by atoms with Crippen LogP contribution in [0, 0.1) is 0 Å². The van der Waals surface area contributed by atoms with Gasteiger partial charge in [-0.15, -0.1) is 0 Å². The van der Waals surface area contributed by atoms with E-state index < -0.39 is 23.7 Å². The normalized spacial score (nSPS) is 10.6. The number of nitrogens with two attached hydrogens (primary N) is 1. The number of rotatable bonds is 7. The van der Waals surface area contributed by atoms with E-state index in [-0.39, 0.29) is 11.9 Å². The van der Waals surface area contributed by atoms with E-state index in [4.69, 9.17) is 15.9 Å². The molecule has 8 nitrogen and oxygen atoms in total. The Balaban J connectivity index is 0. The van der Waals surface area contributed by atoms with Crippen LogP contribution < -0.4 is 11.1 Å². The number of hydrogen-bond donors (Lipinski definition) is 4. The van der Waals surface area contributed by atoms with Crippen molar-refractivity contribution in [3.63, 3.8) is 0 Å². The fraction of sp³-hybridized carbons (Fsp3) is 0.500. The van der Waals surface area contributed by atoms with Gasteiger partial charge in [-0.3, -0.25) is 0 Å². The Morgan fingerprint density at radius 1 is 1.38 bits per heavy atom. The summed E-state index contributed by atoms with van der Waals surface area (Å²) >= 11 is 0. The molecule has 0 heterocycles.